The molecular weight excluding hydrogens is 504 g/mol. The van der Waals surface area contributed by atoms with Gasteiger partial charge in [0.05, 0.1) is 45.1 Å². The van der Waals surface area contributed by atoms with E-state index in [2.05, 4.69) is 53.8 Å². The number of fused-ring (bicyclic) bond motifs is 5. The van der Waals surface area contributed by atoms with E-state index < -0.39 is 8.32 Å². The third-order valence-corrected chi connectivity index (χ3v) is 17.4. The molecule has 8 atom stereocenters. The van der Waals surface area contributed by atoms with Crippen molar-refractivity contribution in [2.75, 3.05) is 26.4 Å². The maximum absolute atomic E-state index is 9.66. The average Bonchev–Trinajstić information content (AvgIpc) is 3.51. The molecule has 4 saturated carbocycles. The zero-order valence-electron chi connectivity index (χ0n) is 25.9. The molecule has 222 valence electrons. The predicted molar refractivity (Wildman–Crippen MR) is 158 cm³/mol. The highest BCUT2D eigenvalue weighted by molar-refractivity contribution is 6.74. The highest BCUT2D eigenvalue weighted by Crippen LogP contribution is 2.71. The maximum Gasteiger partial charge on any atom is 0.192 e. The van der Waals surface area contributed by atoms with E-state index in [0.29, 0.717) is 24.0 Å². The number of ether oxygens (including phenoxy) is 2. The first-order valence-corrected chi connectivity index (χ1v) is 18.8. The number of furan rings is 1. The fraction of sp³-hybridized carbons (Fsp3) is 0.879. The van der Waals surface area contributed by atoms with Crippen molar-refractivity contribution in [1.82, 2.24) is 0 Å². The summed E-state index contributed by atoms with van der Waals surface area (Å²) in [6.45, 7) is 18.6. The Bertz CT molecular complexity index is 956. The molecule has 1 N–H and O–H groups in total. The van der Waals surface area contributed by atoms with Gasteiger partial charge in [0.15, 0.2) is 8.32 Å². The second-order valence-electron chi connectivity index (χ2n) is 15.4. The standard InChI is InChI=1S/C33H56O5Si/c1-30(2,3)39(6,7)38-21-20-36-26-10-14-31(4)24(22-26)8-9-27-28(31)11-15-32(5)29(27)12-16-33(32,37-19-17-34)25-13-18-35-23-25/h13,18,23-24,26-29,34H,8-12,14-17,19-22H2,1-7H3/t24-,26+,27-,28+,29+,31+,32+,33-/m1/s1. The highest BCUT2D eigenvalue weighted by Gasteiger charge is 2.66. The fourth-order valence-corrected chi connectivity index (χ4v) is 10.6. The first-order valence-electron chi connectivity index (χ1n) is 15.9. The molecule has 1 aromatic heterocycles. The minimum absolute atomic E-state index is 0.0673. The molecule has 5 nitrogen and oxygen atoms in total. The quantitative estimate of drug-likeness (QED) is 0.245. The van der Waals surface area contributed by atoms with Crippen molar-refractivity contribution in [3.8, 4) is 0 Å². The summed E-state index contributed by atoms with van der Waals surface area (Å²) in [6.07, 6.45) is 15.2. The Kier molecular flexibility index (Phi) is 8.31. The van der Waals surface area contributed by atoms with Gasteiger partial charge in [-0.2, -0.15) is 0 Å². The van der Waals surface area contributed by atoms with Gasteiger partial charge in [0, 0.05) is 11.0 Å². The predicted octanol–water partition coefficient (Wildman–Crippen LogP) is 7.93. The van der Waals surface area contributed by atoms with Gasteiger partial charge >= 0.3 is 0 Å². The van der Waals surface area contributed by atoms with Crippen LogP contribution in [0.1, 0.15) is 98.0 Å². The zero-order chi connectivity index (χ0) is 28.1. The molecule has 0 saturated heterocycles. The average molecular weight is 561 g/mol. The molecule has 4 fully saturated rings. The molecule has 39 heavy (non-hydrogen) atoms. The number of rotatable bonds is 9. The third-order valence-electron chi connectivity index (χ3n) is 12.9. The number of aliphatic hydroxyl groups is 1. The van der Waals surface area contributed by atoms with Crippen LogP contribution in [-0.2, 0) is 19.5 Å². The van der Waals surface area contributed by atoms with Crippen LogP contribution in [0.3, 0.4) is 0 Å². The van der Waals surface area contributed by atoms with Crippen LogP contribution < -0.4 is 0 Å². The summed E-state index contributed by atoms with van der Waals surface area (Å²) >= 11 is 0. The Morgan fingerprint density at radius 1 is 0.974 bits per heavy atom. The molecule has 4 aliphatic rings. The Morgan fingerprint density at radius 3 is 2.44 bits per heavy atom. The van der Waals surface area contributed by atoms with Gasteiger partial charge < -0.3 is 23.4 Å². The summed E-state index contributed by atoms with van der Waals surface area (Å²) in [6, 6.07) is 2.11. The maximum atomic E-state index is 9.66. The summed E-state index contributed by atoms with van der Waals surface area (Å²) < 4.78 is 25.0. The highest BCUT2D eigenvalue weighted by atomic mass is 28.4. The third kappa shape index (κ3) is 5.02. The van der Waals surface area contributed by atoms with Gasteiger partial charge in [-0.05, 0) is 111 Å². The van der Waals surface area contributed by atoms with Gasteiger partial charge in [0.25, 0.3) is 0 Å². The molecule has 0 radical (unpaired) electrons. The van der Waals surface area contributed by atoms with E-state index in [0.717, 1.165) is 37.4 Å². The van der Waals surface area contributed by atoms with Crippen molar-refractivity contribution in [1.29, 1.82) is 0 Å². The van der Waals surface area contributed by atoms with Crippen molar-refractivity contribution in [3.63, 3.8) is 0 Å². The summed E-state index contributed by atoms with van der Waals surface area (Å²) in [4.78, 5) is 0. The van der Waals surface area contributed by atoms with Crippen LogP contribution in [-0.4, -0.2) is 46.0 Å². The molecule has 0 unspecified atom stereocenters. The van der Waals surface area contributed by atoms with Crippen LogP contribution in [0.2, 0.25) is 18.1 Å². The Balaban J connectivity index is 1.23. The van der Waals surface area contributed by atoms with E-state index >= 15 is 0 Å². The second-order valence-corrected chi connectivity index (χ2v) is 20.2. The van der Waals surface area contributed by atoms with Crippen molar-refractivity contribution in [3.05, 3.63) is 24.2 Å². The number of hydrogen-bond acceptors (Lipinski definition) is 5. The first-order chi connectivity index (χ1) is 18.4. The second kappa shape index (κ2) is 10.9. The van der Waals surface area contributed by atoms with Crippen molar-refractivity contribution >= 4 is 8.32 Å². The fourth-order valence-electron chi connectivity index (χ4n) is 9.61. The van der Waals surface area contributed by atoms with Crippen LogP contribution in [0.5, 0.6) is 0 Å². The van der Waals surface area contributed by atoms with Crippen LogP contribution in [0.25, 0.3) is 0 Å². The van der Waals surface area contributed by atoms with E-state index in [-0.39, 0.29) is 22.7 Å². The van der Waals surface area contributed by atoms with Gasteiger partial charge in [-0.15, -0.1) is 0 Å². The van der Waals surface area contributed by atoms with Crippen molar-refractivity contribution in [2.45, 2.75) is 122 Å². The minimum Gasteiger partial charge on any atom is -0.472 e. The number of hydrogen-bond donors (Lipinski definition) is 1. The summed E-state index contributed by atoms with van der Waals surface area (Å²) in [5.74, 6) is 3.01. The Morgan fingerprint density at radius 2 is 1.74 bits per heavy atom. The van der Waals surface area contributed by atoms with Gasteiger partial charge in [0.1, 0.15) is 5.60 Å². The molecule has 6 heteroatoms. The van der Waals surface area contributed by atoms with E-state index in [1.807, 2.05) is 6.26 Å². The monoisotopic (exact) mass is 560 g/mol. The van der Waals surface area contributed by atoms with Gasteiger partial charge in [0.2, 0.25) is 0 Å². The largest absolute Gasteiger partial charge is 0.472 e. The van der Waals surface area contributed by atoms with E-state index in [1.165, 1.54) is 56.9 Å². The van der Waals surface area contributed by atoms with Crippen LogP contribution in [0.15, 0.2) is 23.0 Å². The molecule has 0 bridgehead atoms. The molecule has 4 aliphatic carbocycles. The molecule has 0 spiro atoms. The van der Waals surface area contributed by atoms with Gasteiger partial charge in [-0.3, -0.25) is 0 Å². The lowest BCUT2D eigenvalue weighted by molar-refractivity contribution is -0.186. The molecule has 0 aliphatic heterocycles. The lowest BCUT2D eigenvalue weighted by Crippen LogP contribution is -2.56. The molecule has 0 amide bonds. The van der Waals surface area contributed by atoms with Crippen LogP contribution in [0.4, 0.5) is 0 Å². The summed E-state index contributed by atoms with van der Waals surface area (Å²) in [5, 5.41) is 9.91. The first kappa shape index (κ1) is 29.8. The zero-order valence-corrected chi connectivity index (χ0v) is 26.9. The molecule has 1 aromatic rings. The van der Waals surface area contributed by atoms with Crippen molar-refractivity contribution in [2.24, 2.45) is 34.5 Å². The Labute approximate surface area is 238 Å². The lowest BCUT2D eigenvalue weighted by atomic mass is 9.44. The van der Waals surface area contributed by atoms with Gasteiger partial charge in [-0.1, -0.05) is 34.6 Å². The SMILES string of the molecule is CC(C)(C)[Si](C)(C)OCCO[C@H]1CC[C@@]2(C)[C@H](CC[C@@H]3[C@@H]2CC[C@@]2(C)[C@H]3CC[C@@]2(OCCO)c2ccoc2)C1. The van der Waals surface area contributed by atoms with E-state index in [4.69, 9.17) is 18.3 Å². The normalized spacial score (nSPS) is 40.7. The van der Waals surface area contributed by atoms with Gasteiger partial charge in [-0.25, -0.2) is 0 Å². The van der Waals surface area contributed by atoms with E-state index in [9.17, 15) is 5.11 Å². The number of aliphatic hydroxyl groups excluding tert-OH is 1. The smallest absolute Gasteiger partial charge is 0.192 e. The minimum atomic E-state index is -1.71. The molecular formula is C33H56O5Si. The molecule has 0 aromatic carbocycles. The lowest BCUT2D eigenvalue weighted by Gasteiger charge is -2.62. The Hall–Kier alpha value is -0.663. The summed E-state index contributed by atoms with van der Waals surface area (Å²) in [7, 11) is -1.71. The molecule has 1 heterocycles. The van der Waals surface area contributed by atoms with Crippen LogP contribution in [0, 0.1) is 34.5 Å². The summed E-state index contributed by atoms with van der Waals surface area (Å²) in [5.41, 5.74) is 1.35. The molecule has 5 rings (SSSR count). The van der Waals surface area contributed by atoms with E-state index in [1.54, 1.807) is 6.26 Å². The topological polar surface area (TPSA) is 61.1 Å². The van der Waals surface area contributed by atoms with Crippen LogP contribution >= 0.6 is 0 Å². The van der Waals surface area contributed by atoms with Crippen molar-refractivity contribution < 1.29 is 23.4 Å².